The average molecular weight is 1330 g/mol. The normalized spacial score (nSPS) is 14.7. The summed E-state index contributed by atoms with van der Waals surface area (Å²) < 4.78 is 60.9. The largest absolute Gasteiger partial charge is 0.472 e. The molecule has 0 aromatic carbocycles. The molecule has 0 bridgehead atoms. The SMILES string of the molecule is CC/C=C\C/C=C\C/C=C\C/C=C\C/C=C\C/C=C\CCCCCCCCCCC(=O)OCC(O)COP(=O)(O)OCC(O)COP(=O)(O)OCC(COC(=O)CCCCCCCCCCCCCCCCC)OC(=O)CCCCCCC/C=C\CCCCCC. The van der Waals surface area contributed by atoms with Gasteiger partial charge in [0.2, 0.25) is 0 Å². The first-order valence-corrected chi connectivity index (χ1v) is 38.9. The van der Waals surface area contributed by atoms with Gasteiger partial charge in [0.15, 0.2) is 6.10 Å². The van der Waals surface area contributed by atoms with Crippen LogP contribution in [0.25, 0.3) is 0 Å². The van der Waals surface area contributed by atoms with Gasteiger partial charge in [0.1, 0.15) is 25.4 Å². The van der Waals surface area contributed by atoms with Gasteiger partial charge in [0, 0.05) is 19.3 Å². The highest BCUT2D eigenvalue weighted by atomic mass is 31.2. The third-order valence-electron chi connectivity index (χ3n) is 15.1. The van der Waals surface area contributed by atoms with E-state index in [1.54, 1.807) is 0 Å². The van der Waals surface area contributed by atoms with Crippen LogP contribution in [0.4, 0.5) is 0 Å². The summed E-state index contributed by atoms with van der Waals surface area (Å²) in [5.74, 6) is -1.58. The third kappa shape index (κ3) is 67.9. The lowest BCUT2D eigenvalue weighted by Gasteiger charge is -2.21. The summed E-state index contributed by atoms with van der Waals surface area (Å²) in [6, 6.07) is 0. The summed E-state index contributed by atoms with van der Waals surface area (Å²) >= 11 is 0. The van der Waals surface area contributed by atoms with Gasteiger partial charge in [0.25, 0.3) is 0 Å². The second-order valence-electron chi connectivity index (χ2n) is 24.0. The summed E-state index contributed by atoms with van der Waals surface area (Å²) in [5.41, 5.74) is 0. The molecule has 0 aromatic rings. The molecular formula is C73H130O16P2. The van der Waals surface area contributed by atoms with Crippen molar-refractivity contribution in [3.8, 4) is 0 Å². The minimum absolute atomic E-state index is 0.0981. The molecule has 0 aliphatic heterocycles. The number of phosphoric ester groups is 2. The molecule has 5 atom stereocenters. The Bertz CT molecular complexity index is 2000. The van der Waals surface area contributed by atoms with Crippen LogP contribution in [0.3, 0.4) is 0 Å². The van der Waals surface area contributed by atoms with E-state index in [1.165, 1.54) is 116 Å². The number of rotatable bonds is 68. The van der Waals surface area contributed by atoms with E-state index in [1.807, 2.05) is 0 Å². The average Bonchev–Trinajstić information content (AvgIpc) is 3.70. The Labute approximate surface area is 553 Å². The van der Waals surface area contributed by atoms with Crippen LogP contribution in [0.5, 0.6) is 0 Å². The number of ether oxygens (including phenoxy) is 3. The number of hydrogen-bond donors (Lipinski definition) is 4. The van der Waals surface area contributed by atoms with E-state index in [0.29, 0.717) is 19.3 Å². The van der Waals surface area contributed by atoms with Crippen LogP contribution in [0.2, 0.25) is 0 Å². The Balaban J connectivity index is 4.50. The number of esters is 3. The molecule has 16 nitrogen and oxygen atoms in total. The molecule has 0 aromatic heterocycles. The molecule has 4 N–H and O–H groups in total. The maximum absolute atomic E-state index is 12.9. The second kappa shape index (κ2) is 66.7. The molecule has 0 aliphatic carbocycles. The zero-order chi connectivity index (χ0) is 66.7. The van der Waals surface area contributed by atoms with Gasteiger partial charge in [-0.15, -0.1) is 0 Å². The number of unbranched alkanes of at least 4 members (excludes halogenated alkanes) is 31. The summed E-state index contributed by atoms with van der Waals surface area (Å²) in [5, 5.41) is 20.6. The van der Waals surface area contributed by atoms with Gasteiger partial charge in [-0.3, -0.25) is 32.5 Å². The maximum atomic E-state index is 12.9. The first-order chi connectivity index (χ1) is 44.2. The van der Waals surface area contributed by atoms with Gasteiger partial charge >= 0.3 is 33.6 Å². The highest BCUT2D eigenvalue weighted by Crippen LogP contribution is 2.45. The Hall–Kier alpha value is -3.27. The lowest BCUT2D eigenvalue weighted by atomic mass is 10.0. The van der Waals surface area contributed by atoms with Crippen molar-refractivity contribution < 1.29 is 75.8 Å². The van der Waals surface area contributed by atoms with Gasteiger partial charge in [-0.2, -0.15) is 0 Å². The van der Waals surface area contributed by atoms with Crippen molar-refractivity contribution in [1.29, 1.82) is 0 Å². The van der Waals surface area contributed by atoms with Gasteiger partial charge < -0.3 is 34.2 Å². The first kappa shape index (κ1) is 87.7. The van der Waals surface area contributed by atoms with Crippen molar-refractivity contribution in [1.82, 2.24) is 0 Å². The van der Waals surface area contributed by atoms with Crippen LogP contribution in [0.1, 0.15) is 303 Å². The molecule has 0 saturated carbocycles. The monoisotopic (exact) mass is 1320 g/mol. The minimum Gasteiger partial charge on any atom is -0.463 e. The first-order valence-electron chi connectivity index (χ1n) is 35.9. The number of aliphatic hydroxyl groups is 2. The second-order valence-corrected chi connectivity index (χ2v) is 26.9. The molecule has 0 radical (unpaired) electrons. The molecule has 18 heteroatoms. The zero-order valence-corrected chi connectivity index (χ0v) is 59.0. The lowest BCUT2D eigenvalue weighted by molar-refractivity contribution is -0.161. The number of phosphoric acid groups is 2. The van der Waals surface area contributed by atoms with Gasteiger partial charge in [-0.25, -0.2) is 9.13 Å². The molecule has 0 rings (SSSR count). The summed E-state index contributed by atoms with van der Waals surface area (Å²) in [7, 11) is -9.77. The van der Waals surface area contributed by atoms with E-state index < -0.39 is 91.5 Å². The van der Waals surface area contributed by atoms with Gasteiger partial charge in [-0.1, -0.05) is 273 Å². The highest BCUT2D eigenvalue weighted by Gasteiger charge is 2.29. The molecule has 0 saturated heterocycles. The molecule has 0 heterocycles. The van der Waals surface area contributed by atoms with Crippen LogP contribution in [-0.2, 0) is 55.8 Å². The number of carbonyl (C=O) groups is 3. The molecule has 5 unspecified atom stereocenters. The van der Waals surface area contributed by atoms with E-state index in [-0.39, 0.29) is 19.3 Å². The van der Waals surface area contributed by atoms with Crippen molar-refractivity contribution >= 4 is 33.6 Å². The van der Waals surface area contributed by atoms with Crippen molar-refractivity contribution in [2.75, 3.05) is 39.6 Å². The summed E-state index contributed by atoms with van der Waals surface area (Å²) in [4.78, 5) is 58.4. The number of aliphatic hydroxyl groups excluding tert-OH is 2. The van der Waals surface area contributed by atoms with Crippen molar-refractivity contribution in [2.24, 2.45) is 0 Å². The van der Waals surface area contributed by atoms with Crippen LogP contribution in [0.15, 0.2) is 85.1 Å². The number of hydrogen-bond acceptors (Lipinski definition) is 14. The van der Waals surface area contributed by atoms with Crippen molar-refractivity contribution in [3.05, 3.63) is 85.1 Å². The standard InChI is InChI=1S/C73H130O16P2/c1-4-7-10-13-16-19-22-25-27-28-29-30-31-32-33-34-35-36-37-38-40-43-44-47-50-53-56-59-71(76)83-62-68(74)63-85-90(79,80)86-64-69(75)65-87-91(81,82)88-67-70(89-73(78)61-58-55-52-49-46-41-24-21-18-15-12-9-6-3)66-84-72(77)60-57-54-51-48-45-42-39-26-23-20-17-14-11-8-5-2/h7,10,16,19,21,24-25,27,29-30,32-33,35-36,68-70,74-75H,4-6,8-9,11-15,17-18,20,22-23,26,28,31,34,37-67H2,1-3H3,(H,79,80)(H,81,82)/b10-7-,19-16-,24-21-,27-25-,30-29-,33-32-,36-35-. The Morgan fingerprint density at radius 2 is 0.582 bits per heavy atom. The smallest absolute Gasteiger partial charge is 0.463 e. The fourth-order valence-corrected chi connectivity index (χ4v) is 11.2. The molecule has 91 heavy (non-hydrogen) atoms. The van der Waals surface area contributed by atoms with Crippen LogP contribution in [-0.4, -0.2) is 95.9 Å². The van der Waals surface area contributed by atoms with Crippen molar-refractivity contribution in [2.45, 2.75) is 322 Å². The topological polar surface area (TPSA) is 231 Å². The molecule has 0 amide bonds. The Morgan fingerprint density at radius 3 is 0.945 bits per heavy atom. The van der Waals surface area contributed by atoms with Gasteiger partial charge in [0.05, 0.1) is 26.4 Å². The van der Waals surface area contributed by atoms with Gasteiger partial charge in [-0.05, 0) is 96.3 Å². The van der Waals surface area contributed by atoms with E-state index in [9.17, 15) is 43.5 Å². The lowest BCUT2D eigenvalue weighted by Crippen LogP contribution is -2.30. The van der Waals surface area contributed by atoms with E-state index >= 15 is 0 Å². The Kier molecular flexibility index (Phi) is 64.3. The fourth-order valence-electron chi connectivity index (χ4n) is 9.63. The maximum Gasteiger partial charge on any atom is 0.472 e. The van der Waals surface area contributed by atoms with Crippen LogP contribution in [0, 0.1) is 0 Å². The molecule has 528 valence electrons. The zero-order valence-electron chi connectivity index (χ0n) is 57.3. The third-order valence-corrected chi connectivity index (χ3v) is 17.0. The quantitative estimate of drug-likeness (QED) is 0.0146. The predicted molar refractivity (Wildman–Crippen MR) is 371 cm³/mol. The van der Waals surface area contributed by atoms with E-state index in [4.69, 9.17) is 32.3 Å². The molecular weight excluding hydrogens is 1190 g/mol. The Morgan fingerprint density at radius 1 is 0.319 bits per heavy atom. The molecule has 0 fully saturated rings. The van der Waals surface area contributed by atoms with E-state index in [0.717, 1.165) is 128 Å². The predicted octanol–water partition coefficient (Wildman–Crippen LogP) is 20.1. The summed E-state index contributed by atoms with van der Waals surface area (Å²) in [6.45, 7) is 2.55. The molecule has 0 spiro atoms. The minimum atomic E-state index is -4.92. The van der Waals surface area contributed by atoms with Crippen LogP contribution < -0.4 is 0 Å². The highest BCUT2D eigenvalue weighted by molar-refractivity contribution is 7.47. The van der Waals surface area contributed by atoms with Crippen LogP contribution >= 0.6 is 15.6 Å². The fraction of sp³-hybridized carbons (Fsp3) is 0.767. The number of carbonyl (C=O) groups excluding carboxylic acids is 3. The number of allylic oxidation sites excluding steroid dienone is 14. The van der Waals surface area contributed by atoms with Crippen molar-refractivity contribution in [3.63, 3.8) is 0 Å². The summed E-state index contributed by atoms with van der Waals surface area (Å²) in [6.07, 6.45) is 72.1. The van der Waals surface area contributed by atoms with E-state index in [2.05, 4.69) is 106 Å². The molecule has 0 aliphatic rings.